The molecule has 1 aliphatic heterocycles. The van der Waals surface area contributed by atoms with Crippen molar-refractivity contribution in [3.63, 3.8) is 0 Å². The zero-order valence-electron chi connectivity index (χ0n) is 10.8. The number of nitrogens with one attached hydrogen (secondary N) is 1. The summed E-state index contributed by atoms with van der Waals surface area (Å²) in [5, 5.41) is 2.90. The van der Waals surface area contributed by atoms with Crippen molar-refractivity contribution in [1.29, 1.82) is 0 Å². The average Bonchev–Trinajstić information content (AvgIpc) is 2.39. The van der Waals surface area contributed by atoms with E-state index in [0.717, 1.165) is 42.5 Å². The summed E-state index contributed by atoms with van der Waals surface area (Å²) >= 11 is 6.40. The van der Waals surface area contributed by atoms with Gasteiger partial charge in [-0.2, -0.15) is 0 Å². The van der Waals surface area contributed by atoms with E-state index in [9.17, 15) is 4.79 Å². The summed E-state index contributed by atoms with van der Waals surface area (Å²) < 4.78 is 0. The van der Waals surface area contributed by atoms with Gasteiger partial charge in [0.25, 0.3) is 5.91 Å². The largest absolute Gasteiger partial charge is 0.352 e. The van der Waals surface area contributed by atoms with Gasteiger partial charge in [-0.15, -0.1) is 11.6 Å². The first-order chi connectivity index (χ1) is 8.72. The predicted molar refractivity (Wildman–Crippen MR) is 75.2 cm³/mol. The number of amides is 1. The van der Waals surface area contributed by atoms with E-state index < -0.39 is 0 Å². The highest BCUT2D eigenvalue weighted by Gasteiger charge is 2.18. The molecule has 2 rings (SSSR count). The van der Waals surface area contributed by atoms with Crippen LogP contribution in [0.5, 0.6) is 0 Å². The van der Waals surface area contributed by atoms with Crippen molar-refractivity contribution in [2.24, 2.45) is 0 Å². The molecule has 1 atom stereocenters. The minimum Gasteiger partial charge on any atom is -0.352 e. The van der Waals surface area contributed by atoms with Gasteiger partial charge >= 0.3 is 0 Å². The Morgan fingerprint density at radius 3 is 3.00 bits per heavy atom. The minimum absolute atomic E-state index is 0.0246. The van der Waals surface area contributed by atoms with Crippen molar-refractivity contribution in [3.05, 3.63) is 34.9 Å². The maximum atomic E-state index is 11.8. The molecule has 0 aliphatic carbocycles. The molecule has 0 saturated heterocycles. The Balaban J connectivity index is 2.10. The van der Waals surface area contributed by atoms with Crippen LogP contribution in [0.3, 0.4) is 0 Å². The number of fused-ring (bicyclic) bond motifs is 1. The quantitative estimate of drug-likeness (QED) is 0.636. The Kier molecular flexibility index (Phi) is 4.65. The molecule has 1 heterocycles. The monoisotopic (exact) mass is 265 g/mol. The van der Waals surface area contributed by atoms with Crippen molar-refractivity contribution in [2.75, 3.05) is 6.54 Å². The molecule has 2 nitrogen and oxygen atoms in total. The molecule has 0 radical (unpaired) electrons. The summed E-state index contributed by atoms with van der Waals surface area (Å²) in [5.74, 6) is 0.0375. The van der Waals surface area contributed by atoms with E-state index in [4.69, 9.17) is 11.6 Å². The van der Waals surface area contributed by atoms with E-state index in [1.54, 1.807) is 0 Å². The average molecular weight is 266 g/mol. The van der Waals surface area contributed by atoms with Crippen LogP contribution in [-0.2, 0) is 6.42 Å². The molecular formula is C15H20ClNO. The Bertz CT molecular complexity index is 431. The summed E-state index contributed by atoms with van der Waals surface area (Å²) in [4.78, 5) is 11.8. The summed E-state index contributed by atoms with van der Waals surface area (Å²) in [6, 6.07) is 6.09. The Morgan fingerprint density at radius 1 is 1.39 bits per heavy atom. The SMILES string of the molecule is CCCCCC(Cl)c1ccc2c(c1)C(=O)NCC2. The van der Waals surface area contributed by atoms with Crippen molar-refractivity contribution in [1.82, 2.24) is 5.32 Å². The lowest BCUT2D eigenvalue weighted by Gasteiger charge is -2.18. The first kappa shape index (κ1) is 13.4. The van der Waals surface area contributed by atoms with Gasteiger partial charge in [-0.25, -0.2) is 0 Å². The second-order valence-electron chi connectivity index (χ2n) is 4.89. The van der Waals surface area contributed by atoms with Gasteiger partial charge in [0.2, 0.25) is 0 Å². The first-order valence-electron chi connectivity index (χ1n) is 6.77. The van der Waals surface area contributed by atoms with Crippen LogP contribution in [0.2, 0.25) is 0 Å². The molecule has 0 saturated carbocycles. The van der Waals surface area contributed by atoms with Crippen LogP contribution in [0.1, 0.15) is 59.5 Å². The van der Waals surface area contributed by atoms with Gasteiger partial charge in [0.15, 0.2) is 0 Å². The Labute approximate surface area is 114 Å². The van der Waals surface area contributed by atoms with Gasteiger partial charge in [0.1, 0.15) is 0 Å². The highest BCUT2D eigenvalue weighted by molar-refractivity contribution is 6.20. The minimum atomic E-state index is 0.0246. The normalized spacial score (nSPS) is 16.0. The maximum Gasteiger partial charge on any atom is 0.251 e. The molecule has 1 aliphatic rings. The van der Waals surface area contributed by atoms with Crippen LogP contribution >= 0.6 is 11.6 Å². The number of carbonyl (C=O) groups is 1. The smallest absolute Gasteiger partial charge is 0.251 e. The molecule has 0 aromatic heterocycles. The van der Waals surface area contributed by atoms with Crippen molar-refractivity contribution >= 4 is 17.5 Å². The predicted octanol–water partition coefficient (Wildman–Crippen LogP) is 3.83. The van der Waals surface area contributed by atoms with Gasteiger partial charge < -0.3 is 5.32 Å². The summed E-state index contributed by atoms with van der Waals surface area (Å²) in [7, 11) is 0. The molecule has 1 N–H and O–H groups in total. The van der Waals surface area contributed by atoms with E-state index >= 15 is 0 Å². The molecule has 18 heavy (non-hydrogen) atoms. The Hall–Kier alpha value is -1.02. The van der Waals surface area contributed by atoms with Crippen molar-refractivity contribution in [3.8, 4) is 0 Å². The van der Waals surface area contributed by atoms with Gasteiger partial charge in [-0.1, -0.05) is 38.3 Å². The third kappa shape index (κ3) is 3.05. The maximum absolute atomic E-state index is 11.8. The van der Waals surface area contributed by atoms with Crippen LogP contribution in [0.4, 0.5) is 0 Å². The lowest BCUT2D eigenvalue weighted by atomic mass is 9.95. The number of rotatable bonds is 5. The molecular weight excluding hydrogens is 246 g/mol. The van der Waals surface area contributed by atoms with Crippen LogP contribution in [0.25, 0.3) is 0 Å². The molecule has 0 spiro atoms. The zero-order valence-corrected chi connectivity index (χ0v) is 11.6. The van der Waals surface area contributed by atoms with Crippen molar-refractivity contribution in [2.45, 2.75) is 44.4 Å². The highest BCUT2D eigenvalue weighted by atomic mass is 35.5. The number of unbranched alkanes of at least 4 members (excludes halogenated alkanes) is 2. The van der Waals surface area contributed by atoms with Crippen LogP contribution in [0.15, 0.2) is 18.2 Å². The molecule has 1 aromatic rings. The van der Waals surface area contributed by atoms with Gasteiger partial charge in [-0.05, 0) is 30.0 Å². The summed E-state index contributed by atoms with van der Waals surface area (Å²) in [6.45, 7) is 2.93. The molecule has 98 valence electrons. The number of alkyl halides is 1. The van der Waals surface area contributed by atoms with Crippen LogP contribution in [-0.4, -0.2) is 12.5 Å². The fraction of sp³-hybridized carbons (Fsp3) is 0.533. The number of benzene rings is 1. The second kappa shape index (κ2) is 6.24. The molecule has 1 aromatic carbocycles. The summed E-state index contributed by atoms with van der Waals surface area (Å²) in [6.07, 6.45) is 5.47. The third-order valence-electron chi connectivity index (χ3n) is 3.48. The molecule has 0 fully saturated rings. The number of carbonyl (C=O) groups excluding carboxylic acids is 1. The number of halogens is 1. The fourth-order valence-electron chi connectivity index (χ4n) is 2.36. The third-order valence-corrected chi connectivity index (χ3v) is 3.95. The van der Waals surface area contributed by atoms with Crippen molar-refractivity contribution < 1.29 is 4.79 Å². The molecule has 1 unspecified atom stereocenters. The topological polar surface area (TPSA) is 29.1 Å². The van der Waals surface area contributed by atoms with Gasteiger partial charge in [-0.3, -0.25) is 4.79 Å². The van der Waals surface area contributed by atoms with Crippen LogP contribution < -0.4 is 5.32 Å². The van der Waals surface area contributed by atoms with E-state index in [0.29, 0.717) is 0 Å². The fourth-order valence-corrected chi connectivity index (χ4v) is 2.65. The Morgan fingerprint density at radius 2 is 2.22 bits per heavy atom. The van der Waals surface area contributed by atoms with E-state index in [2.05, 4.69) is 24.4 Å². The van der Waals surface area contributed by atoms with E-state index in [1.165, 1.54) is 12.8 Å². The van der Waals surface area contributed by atoms with E-state index in [1.807, 2.05) is 6.07 Å². The molecule has 0 bridgehead atoms. The van der Waals surface area contributed by atoms with Crippen LogP contribution in [0, 0.1) is 0 Å². The molecule has 1 amide bonds. The number of hydrogen-bond acceptors (Lipinski definition) is 1. The van der Waals surface area contributed by atoms with E-state index in [-0.39, 0.29) is 11.3 Å². The standard InChI is InChI=1S/C15H20ClNO/c1-2-3-4-5-14(16)12-7-6-11-8-9-17-15(18)13(11)10-12/h6-7,10,14H,2-5,8-9H2,1H3,(H,17,18). The lowest BCUT2D eigenvalue weighted by molar-refractivity contribution is 0.0946. The molecule has 3 heteroatoms. The first-order valence-corrected chi connectivity index (χ1v) is 7.21. The number of hydrogen-bond donors (Lipinski definition) is 1. The van der Waals surface area contributed by atoms with Gasteiger partial charge in [0, 0.05) is 12.1 Å². The summed E-state index contributed by atoms with van der Waals surface area (Å²) in [5.41, 5.74) is 3.02. The van der Waals surface area contributed by atoms with Gasteiger partial charge in [0.05, 0.1) is 5.38 Å². The zero-order chi connectivity index (χ0) is 13.0. The highest BCUT2D eigenvalue weighted by Crippen LogP contribution is 2.29. The lowest BCUT2D eigenvalue weighted by Crippen LogP contribution is -2.31. The second-order valence-corrected chi connectivity index (χ2v) is 5.41.